The van der Waals surface area contributed by atoms with Crippen LogP contribution in [0, 0.1) is 0 Å². The Morgan fingerprint density at radius 2 is 2.00 bits per heavy atom. The Hall–Kier alpha value is -1.85. The Labute approximate surface area is 149 Å². The molecule has 0 bridgehead atoms. The zero-order chi connectivity index (χ0) is 17.6. The van der Waals surface area contributed by atoms with Crippen molar-refractivity contribution in [3.05, 3.63) is 36.0 Å². The second-order valence-electron chi connectivity index (χ2n) is 6.75. The highest BCUT2D eigenvalue weighted by atomic mass is 16.5. The highest BCUT2D eigenvalue weighted by molar-refractivity contribution is 5.84. The molecule has 1 aromatic carbocycles. The van der Waals surface area contributed by atoms with Crippen molar-refractivity contribution < 1.29 is 14.6 Å². The molecule has 1 aliphatic heterocycles. The molecule has 1 aliphatic rings. The first-order valence-corrected chi connectivity index (χ1v) is 9.28. The van der Waals surface area contributed by atoms with Gasteiger partial charge >= 0.3 is 5.97 Å². The molecule has 0 aliphatic carbocycles. The third-order valence-electron chi connectivity index (χ3n) is 5.17. The number of ether oxygens (including phenoxy) is 1. The summed E-state index contributed by atoms with van der Waals surface area (Å²) in [6.07, 6.45) is 4.74. The van der Waals surface area contributed by atoms with Crippen LogP contribution in [0.3, 0.4) is 0 Å². The van der Waals surface area contributed by atoms with Crippen LogP contribution in [0.4, 0.5) is 0 Å². The topological polar surface area (TPSA) is 54.7 Å². The van der Waals surface area contributed by atoms with E-state index in [1.54, 1.807) is 0 Å². The number of piperidine rings is 1. The first-order valence-electron chi connectivity index (χ1n) is 9.28. The molecule has 1 saturated heterocycles. The molecule has 136 valence electrons. The number of hydrogen-bond acceptors (Lipinski definition) is 3. The smallest absolute Gasteiger partial charge is 0.304 e. The Balaban J connectivity index is 1.70. The summed E-state index contributed by atoms with van der Waals surface area (Å²) < 4.78 is 7.84. The summed E-state index contributed by atoms with van der Waals surface area (Å²) in [5.74, 6) is -0.154. The van der Waals surface area contributed by atoms with Crippen molar-refractivity contribution in [2.45, 2.75) is 38.6 Å². The number of carbonyl (C=O) groups is 1. The van der Waals surface area contributed by atoms with Gasteiger partial charge < -0.3 is 19.3 Å². The fraction of sp³-hybridized carbons (Fsp3) is 0.550. The molecule has 1 aromatic heterocycles. The summed E-state index contributed by atoms with van der Waals surface area (Å²) >= 11 is 0. The molecule has 0 unspecified atom stereocenters. The number of benzene rings is 1. The average molecular weight is 344 g/mol. The molecule has 0 saturated carbocycles. The molecule has 5 nitrogen and oxygen atoms in total. The van der Waals surface area contributed by atoms with Gasteiger partial charge in [-0.3, -0.25) is 4.79 Å². The van der Waals surface area contributed by atoms with E-state index < -0.39 is 5.97 Å². The molecule has 5 heteroatoms. The molecular formula is C20H28N2O3. The molecule has 0 atom stereocenters. The van der Waals surface area contributed by atoms with Gasteiger partial charge in [-0.2, -0.15) is 0 Å². The number of para-hydroxylation sites is 1. The van der Waals surface area contributed by atoms with E-state index >= 15 is 0 Å². The molecule has 1 N–H and O–H groups in total. The van der Waals surface area contributed by atoms with E-state index in [4.69, 9.17) is 9.84 Å². The van der Waals surface area contributed by atoms with Gasteiger partial charge in [0.1, 0.15) is 0 Å². The van der Waals surface area contributed by atoms with E-state index in [-0.39, 0.29) is 6.42 Å². The number of rotatable bonds is 8. The lowest BCUT2D eigenvalue weighted by Crippen LogP contribution is -2.34. The van der Waals surface area contributed by atoms with Gasteiger partial charge in [0.15, 0.2) is 0 Å². The minimum absolute atomic E-state index is 0.238. The minimum atomic E-state index is -0.709. The Morgan fingerprint density at radius 1 is 1.24 bits per heavy atom. The molecule has 3 rings (SSSR count). The van der Waals surface area contributed by atoms with Gasteiger partial charge in [0.2, 0.25) is 0 Å². The molecule has 0 amide bonds. The summed E-state index contributed by atoms with van der Waals surface area (Å²) in [5, 5.41) is 10.2. The summed E-state index contributed by atoms with van der Waals surface area (Å²) in [6, 6.07) is 8.62. The molecular weight excluding hydrogens is 316 g/mol. The predicted octanol–water partition coefficient (Wildman–Crippen LogP) is 3.33. The fourth-order valence-corrected chi connectivity index (χ4v) is 3.81. The second-order valence-corrected chi connectivity index (χ2v) is 6.75. The summed E-state index contributed by atoms with van der Waals surface area (Å²) in [5.41, 5.74) is 2.72. The van der Waals surface area contributed by atoms with Crippen LogP contribution in [0.15, 0.2) is 30.5 Å². The largest absolute Gasteiger partial charge is 0.481 e. The number of carboxylic acids is 1. The van der Waals surface area contributed by atoms with Crippen LogP contribution in [0.1, 0.15) is 37.7 Å². The average Bonchev–Trinajstić information content (AvgIpc) is 3.00. The maximum atomic E-state index is 10.7. The van der Waals surface area contributed by atoms with E-state index in [2.05, 4.69) is 39.9 Å². The lowest BCUT2D eigenvalue weighted by molar-refractivity contribution is -0.137. The molecule has 25 heavy (non-hydrogen) atoms. The van der Waals surface area contributed by atoms with Crippen molar-refractivity contribution in [1.82, 2.24) is 9.47 Å². The van der Waals surface area contributed by atoms with Crippen molar-refractivity contribution in [2.24, 2.45) is 0 Å². The van der Waals surface area contributed by atoms with E-state index in [9.17, 15) is 4.79 Å². The first-order chi connectivity index (χ1) is 12.2. The van der Waals surface area contributed by atoms with Crippen molar-refractivity contribution in [1.29, 1.82) is 0 Å². The van der Waals surface area contributed by atoms with Crippen LogP contribution in [-0.2, 0) is 16.1 Å². The number of carboxylic acid groups (broad SMARTS) is 1. The van der Waals surface area contributed by atoms with Gasteiger partial charge in [-0.25, -0.2) is 0 Å². The van der Waals surface area contributed by atoms with Gasteiger partial charge in [0, 0.05) is 36.8 Å². The van der Waals surface area contributed by atoms with Gasteiger partial charge in [-0.15, -0.1) is 0 Å². The maximum absolute atomic E-state index is 10.7. The highest BCUT2D eigenvalue weighted by Crippen LogP contribution is 2.34. The summed E-state index contributed by atoms with van der Waals surface area (Å²) in [4.78, 5) is 13.0. The normalized spacial score (nSPS) is 16.5. The van der Waals surface area contributed by atoms with E-state index in [0.29, 0.717) is 12.5 Å². The number of aromatic nitrogens is 1. The second kappa shape index (κ2) is 8.50. The molecule has 2 heterocycles. The lowest BCUT2D eigenvalue weighted by atomic mass is 9.89. The van der Waals surface area contributed by atoms with E-state index in [0.717, 1.165) is 45.7 Å². The van der Waals surface area contributed by atoms with Crippen molar-refractivity contribution in [3.63, 3.8) is 0 Å². The summed E-state index contributed by atoms with van der Waals surface area (Å²) in [7, 11) is 0. The maximum Gasteiger partial charge on any atom is 0.304 e. The SMILES string of the molecule is CCOCCn1cc(C2CCN(CCC(=O)O)CC2)c2ccccc21. The van der Waals surface area contributed by atoms with Gasteiger partial charge in [-0.1, -0.05) is 18.2 Å². The van der Waals surface area contributed by atoms with Crippen molar-refractivity contribution in [2.75, 3.05) is 32.8 Å². The Bertz CT molecular complexity index is 702. The number of likely N-dealkylation sites (tertiary alicyclic amines) is 1. The van der Waals surface area contributed by atoms with Crippen LogP contribution >= 0.6 is 0 Å². The fourth-order valence-electron chi connectivity index (χ4n) is 3.81. The van der Waals surface area contributed by atoms with Gasteiger partial charge in [-0.05, 0) is 50.4 Å². The van der Waals surface area contributed by atoms with Gasteiger partial charge in [0.25, 0.3) is 0 Å². The zero-order valence-corrected chi connectivity index (χ0v) is 15.0. The van der Waals surface area contributed by atoms with Crippen LogP contribution in [0.5, 0.6) is 0 Å². The highest BCUT2D eigenvalue weighted by Gasteiger charge is 2.23. The number of nitrogens with zero attached hydrogens (tertiary/aromatic N) is 2. The van der Waals surface area contributed by atoms with Crippen LogP contribution in [0.2, 0.25) is 0 Å². The van der Waals surface area contributed by atoms with Crippen molar-refractivity contribution in [3.8, 4) is 0 Å². The molecule has 1 fully saturated rings. The first kappa shape index (κ1) is 18.0. The minimum Gasteiger partial charge on any atom is -0.481 e. The third-order valence-corrected chi connectivity index (χ3v) is 5.17. The number of aliphatic carboxylic acids is 1. The Morgan fingerprint density at radius 3 is 2.72 bits per heavy atom. The van der Waals surface area contributed by atoms with Crippen LogP contribution in [-0.4, -0.2) is 53.4 Å². The molecule has 0 radical (unpaired) electrons. The monoisotopic (exact) mass is 344 g/mol. The zero-order valence-electron chi connectivity index (χ0n) is 15.0. The Kier molecular flexibility index (Phi) is 6.10. The van der Waals surface area contributed by atoms with Gasteiger partial charge in [0.05, 0.1) is 13.0 Å². The van der Waals surface area contributed by atoms with Crippen molar-refractivity contribution >= 4 is 16.9 Å². The third kappa shape index (κ3) is 4.41. The standard InChI is InChI=1S/C20H28N2O3/c1-2-25-14-13-22-15-18(17-5-3-4-6-19(17)22)16-7-10-21(11-8-16)12-9-20(23)24/h3-6,15-16H,2,7-14H2,1H3,(H,23,24). The van der Waals surface area contributed by atoms with E-state index in [1.807, 2.05) is 6.92 Å². The number of fused-ring (bicyclic) bond motifs is 1. The molecule has 0 spiro atoms. The lowest BCUT2D eigenvalue weighted by Gasteiger charge is -2.31. The quantitative estimate of drug-likeness (QED) is 0.746. The molecule has 2 aromatic rings. The summed E-state index contributed by atoms with van der Waals surface area (Å²) in [6.45, 7) is 7.03. The van der Waals surface area contributed by atoms with Crippen LogP contribution < -0.4 is 0 Å². The predicted molar refractivity (Wildman–Crippen MR) is 99.1 cm³/mol. The van der Waals surface area contributed by atoms with E-state index in [1.165, 1.54) is 16.5 Å². The van der Waals surface area contributed by atoms with Crippen LogP contribution in [0.25, 0.3) is 10.9 Å². The number of hydrogen-bond donors (Lipinski definition) is 1.